The highest BCUT2D eigenvalue weighted by atomic mass is 35.5. The van der Waals surface area contributed by atoms with Gasteiger partial charge in [-0.05, 0) is 30.3 Å². The molecule has 0 spiro atoms. The predicted molar refractivity (Wildman–Crippen MR) is 75.6 cm³/mol. The van der Waals surface area contributed by atoms with Crippen LogP contribution in [0.2, 0.25) is 0 Å². The lowest BCUT2D eigenvalue weighted by molar-refractivity contribution is 0.414. The first-order valence-electron chi connectivity index (χ1n) is 5.11. The van der Waals surface area contributed by atoms with Crippen molar-refractivity contribution in [3.05, 3.63) is 36.4 Å². The molecule has 0 fully saturated rings. The monoisotopic (exact) mass is 251 g/mol. The van der Waals surface area contributed by atoms with Gasteiger partial charge in [-0.1, -0.05) is 24.6 Å². The van der Waals surface area contributed by atoms with Gasteiger partial charge >= 0.3 is 0 Å². The van der Waals surface area contributed by atoms with Crippen LogP contribution in [0.1, 0.15) is 5.56 Å². The quantitative estimate of drug-likeness (QED) is 0.746. The minimum atomic E-state index is 0. The number of ether oxygens (including phenoxy) is 1. The molecule has 0 aromatic heterocycles. The van der Waals surface area contributed by atoms with Gasteiger partial charge in [-0.25, -0.2) is 0 Å². The van der Waals surface area contributed by atoms with E-state index in [4.69, 9.17) is 11.2 Å². The summed E-state index contributed by atoms with van der Waals surface area (Å²) < 4.78 is 5.10. The molecule has 3 heteroatoms. The van der Waals surface area contributed by atoms with E-state index in [0.29, 0.717) is 6.54 Å². The van der Waals surface area contributed by atoms with Crippen LogP contribution in [0.15, 0.2) is 30.8 Å². The fourth-order valence-corrected chi connectivity index (χ4v) is 1.46. The van der Waals surface area contributed by atoms with Gasteiger partial charge in [0.05, 0.1) is 13.7 Å². The second-order valence-electron chi connectivity index (χ2n) is 3.71. The van der Waals surface area contributed by atoms with Crippen molar-refractivity contribution in [2.75, 3.05) is 27.2 Å². The summed E-state index contributed by atoms with van der Waals surface area (Å²) in [6, 6.07) is 7.87. The maximum Gasteiger partial charge on any atom is 0.118 e. The fourth-order valence-electron chi connectivity index (χ4n) is 1.46. The minimum absolute atomic E-state index is 0. The Hall–Kier alpha value is -1.43. The van der Waals surface area contributed by atoms with Crippen LogP contribution in [-0.4, -0.2) is 32.1 Å². The van der Waals surface area contributed by atoms with Crippen molar-refractivity contribution in [1.29, 1.82) is 0 Å². The fraction of sp³-hybridized carbons (Fsp3) is 0.286. The molecule has 0 radical (unpaired) electrons. The number of halogens is 1. The van der Waals surface area contributed by atoms with Crippen LogP contribution in [-0.2, 0) is 0 Å². The third kappa shape index (κ3) is 4.95. The predicted octanol–water partition coefficient (Wildman–Crippen LogP) is 2.70. The molecule has 0 aliphatic carbocycles. The average Bonchev–Trinajstić information content (AvgIpc) is 2.29. The van der Waals surface area contributed by atoms with Crippen LogP contribution in [0.5, 0.6) is 5.75 Å². The molecule has 0 saturated carbocycles. The van der Waals surface area contributed by atoms with E-state index in [0.717, 1.165) is 23.4 Å². The van der Waals surface area contributed by atoms with Gasteiger partial charge in [0.2, 0.25) is 0 Å². The van der Waals surface area contributed by atoms with Crippen LogP contribution in [0.4, 0.5) is 0 Å². The summed E-state index contributed by atoms with van der Waals surface area (Å²) >= 11 is 0. The number of terminal acetylenes is 1. The molecule has 0 aliphatic heterocycles. The maximum atomic E-state index is 5.24. The Labute approximate surface area is 110 Å². The highest BCUT2D eigenvalue weighted by Gasteiger charge is 2.02. The summed E-state index contributed by atoms with van der Waals surface area (Å²) in [6.45, 7) is 5.46. The van der Waals surface area contributed by atoms with Crippen molar-refractivity contribution in [2.45, 2.75) is 0 Å². The average molecular weight is 252 g/mol. The first kappa shape index (κ1) is 15.6. The summed E-state index contributed by atoms with van der Waals surface area (Å²) in [5.41, 5.74) is 2.17. The Morgan fingerprint density at radius 1 is 1.41 bits per heavy atom. The lowest BCUT2D eigenvalue weighted by atomic mass is 10.1. The molecule has 1 aromatic carbocycles. The van der Waals surface area contributed by atoms with Gasteiger partial charge < -0.3 is 4.74 Å². The molecule has 0 heterocycles. The number of nitrogens with zero attached hydrogens (tertiary/aromatic N) is 1. The first-order chi connectivity index (χ1) is 7.67. The van der Waals surface area contributed by atoms with Crippen molar-refractivity contribution >= 4 is 18.0 Å². The Balaban J connectivity index is 0.00000256. The minimum Gasteiger partial charge on any atom is -0.497 e. The second kappa shape index (κ2) is 7.78. The van der Waals surface area contributed by atoms with Crippen molar-refractivity contribution in [3.8, 4) is 18.1 Å². The number of rotatable bonds is 5. The zero-order valence-corrected chi connectivity index (χ0v) is 11.1. The summed E-state index contributed by atoms with van der Waals surface area (Å²) in [5, 5.41) is 0. The van der Waals surface area contributed by atoms with E-state index in [9.17, 15) is 0 Å². The topological polar surface area (TPSA) is 12.5 Å². The third-order valence-corrected chi connectivity index (χ3v) is 2.32. The van der Waals surface area contributed by atoms with Gasteiger partial charge in [0.25, 0.3) is 0 Å². The van der Waals surface area contributed by atoms with Crippen LogP contribution >= 0.6 is 12.4 Å². The Morgan fingerprint density at radius 3 is 2.47 bits per heavy atom. The number of benzene rings is 1. The molecule has 0 aliphatic rings. The summed E-state index contributed by atoms with van der Waals surface area (Å²) in [7, 11) is 3.64. The van der Waals surface area contributed by atoms with Crippen LogP contribution < -0.4 is 4.74 Å². The molecule has 1 aromatic rings. The van der Waals surface area contributed by atoms with Crippen LogP contribution in [0.25, 0.3) is 5.57 Å². The lowest BCUT2D eigenvalue weighted by Crippen LogP contribution is -2.20. The highest BCUT2D eigenvalue weighted by Crippen LogP contribution is 2.17. The van der Waals surface area contributed by atoms with E-state index in [1.807, 2.05) is 36.2 Å². The van der Waals surface area contributed by atoms with E-state index < -0.39 is 0 Å². The largest absolute Gasteiger partial charge is 0.497 e. The van der Waals surface area contributed by atoms with E-state index in [2.05, 4.69) is 12.5 Å². The molecule has 17 heavy (non-hydrogen) atoms. The summed E-state index contributed by atoms with van der Waals surface area (Å²) in [6.07, 6.45) is 5.24. The van der Waals surface area contributed by atoms with Gasteiger partial charge in [0.1, 0.15) is 5.75 Å². The van der Waals surface area contributed by atoms with E-state index in [-0.39, 0.29) is 12.4 Å². The number of likely N-dealkylation sites (N-methyl/N-ethyl adjacent to an activating group) is 1. The van der Waals surface area contributed by atoms with Crippen LogP contribution in [0, 0.1) is 12.3 Å². The molecule has 0 atom stereocenters. The van der Waals surface area contributed by atoms with Crippen molar-refractivity contribution in [2.24, 2.45) is 0 Å². The summed E-state index contributed by atoms with van der Waals surface area (Å²) in [4.78, 5) is 2.05. The van der Waals surface area contributed by atoms with E-state index in [1.54, 1.807) is 7.11 Å². The smallest absolute Gasteiger partial charge is 0.118 e. The first-order valence-corrected chi connectivity index (χ1v) is 5.11. The molecule has 0 bridgehead atoms. The second-order valence-corrected chi connectivity index (χ2v) is 3.71. The van der Waals surface area contributed by atoms with Crippen molar-refractivity contribution in [3.63, 3.8) is 0 Å². The van der Waals surface area contributed by atoms with Gasteiger partial charge in [-0.3, -0.25) is 4.90 Å². The van der Waals surface area contributed by atoms with Gasteiger partial charge in [-0.15, -0.1) is 18.8 Å². The zero-order chi connectivity index (χ0) is 12.0. The maximum absolute atomic E-state index is 5.24. The van der Waals surface area contributed by atoms with Crippen molar-refractivity contribution < 1.29 is 4.74 Å². The normalized spacial score (nSPS) is 9.29. The molecule has 0 unspecified atom stereocenters. The third-order valence-electron chi connectivity index (χ3n) is 2.32. The number of hydrogen-bond acceptors (Lipinski definition) is 2. The van der Waals surface area contributed by atoms with E-state index >= 15 is 0 Å². The molecule has 2 nitrogen and oxygen atoms in total. The summed E-state index contributed by atoms with van der Waals surface area (Å²) in [5.74, 6) is 3.46. The highest BCUT2D eigenvalue weighted by molar-refractivity contribution is 5.85. The molecule has 0 N–H and O–H groups in total. The van der Waals surface area contributed by atoms with Gasteiger partial charge in [-0.2, -0.15) is 0 Å². The SMILES string of the molecule is C#CCN(C)CC(=C)c1ccc(OC)cc1.Cl. The van der Waals surface area contributed by atoms with Gasteiger partial charge in [0.15, 0.2) is 0 Å². The van der Waals surface area contributed by atoms with Crippen LogP contribution in [0.3, 0.4) is 0 Å². The molecular formula is C14H18ClNO. The Bertz CT molecular complexity index is 392. The number of methoxy groups -OCH3 is 1. The standard InChI is InChI=1S/C14H17NO.ClH/c1-5-10-15(3)11-12(2)13-6-8-14(16-4)9-7-13;/h1,6-9H,2,10-11H2,3-4H3;1H. The molecule has 1 rings (SSSR count). The van der Waals surface area contributed by atoms with E-state index in [1.165, 1.54) is 0 Å². The molecule has 92 valence electrons. The number of hydrogen-bond donors (Lipinski definition) is 0. The molecule has 0 amide bonds. The van der Waals surface area contributed by atoms with Gasteiger partial charge in [0, 0.05) is 6.54 Å². The molecule has 0 saturated heterocycles. The molecular weight excluding hydrogens is 234 g/mol. The lowest BCUT2D eigenvalue weighted by Gasteiger charge is -2.15. The van der Waals surface area contributed by atoms with Crippen molar-refractivity contribution in [1.82, 2.24) is 4.90 Å². The Kier molecular flexibility index (Phi) is 7.13. The Morgan fingerprint density at radius 2 is 2.00 bits per heavy atom. The zero-order valence-electron chi connectivity index (χ0n) is 10.3.